The van der Waals surface area contributed by atoms with Gasteiger partial charge in [-0.3, -0.25) is 19.3 Å². The summed E-state index contributed by atoms with van der Waals surface area (Å²) in [6, 6.07) is 22.4. The van der Waals surface area contributed by atoms with Crippen LogP contribution in [-0.4, -0.2) is 34.2 Å². The molecule has 0 aliphatic carbocycles. The molecule has 8 nitrogen and oxygen atoms in total. The van der Waals surface area contributed by atoms with Crippen LogP contribution in [0.3, 0.4) is 0 Å². The van der Waals surface area contributed by atoms with Crippen molar-refractivity contribution >= 4 is 39.7 Å². The van der Waals surface area contributed by atoms with E-state index in [0.717, 1.165) is 23.3 Å². The van der Waals surface area contributed by atoms with Gasteiger partial charge in [-0.05, 0) is 60.9 Å². The number of carbonyl (C=O) groups is 3. The third kappa shape index (κ3) is 5.82. The second-order valence-corrected chi connectivity index (χ2v) is 10.8. The second-order valence-electron chi connectivity index (χ2n) is 9.86. The van der Waals surface area contributed by atoms with E-state index in [1.54, 1.807) is 55.5 Å². The maximum Gasteiger partial charge on any atom is 0.301 e. The highest BCUT2D eigenvalue weighted by Crippen LogP contribution is 2.44. The summed E-state index contributed by atoms with van der Waals surface area (Å²) < 4.78 is 11.7. The van der Waals surface area contributed by atoms with Crippen LogP contribution in [0.1, 0.15) is 58.4 Å². The van der Waals surface area contributed by atoms with Crippen LogP contribution in [-0.2, 0) is 16.2 Å². The van der Waals surface area contributed by atoms with E-state index in [2.05, 4.69) is 4.98 Å². The van der Waals surface area contributed by atoms with Crippen molar-refractivity contribution in [2.75, 3.05) is 11.5 Å². The number of ether oxygens (including phenoxy) is 2. The molecule has 2 heterocycles. The first-order valence-electron chi connectivity index (χ1n) is 13.6. The van der Waals surface area contributed by atoms with Gasteiger partial charge in [0.05, 0.1) is 28.8 Å². The number of hydrogen-bond donors (Lipinski definition) is 1. The molecule has 1 saturated heterocycles. The summed E-state index contributed by atoms with van der Waals surface area (Å²) in [5.74, 6) is -1.05. The third-order valence-electron chi connectivity index (χ3n) is 6.78. The lowest BCUT2D eigenvalue weighted by Gasteiger charge is -2.23. The fourth-order valence-electron chi connectivity index (χ4n) is 4.76. The van der Waals surface area contributed by atoms with E-state index in [0.29, 0.717) is 46.4 Å². The zero-order valence-electron chi connectivity index (χ0n) is 23.5. The molecule has 1 unspecified atom stereocenters. The second kappa shape index (κ2) is 12.4. The summed E-state index contributed by atoms with van der Waals surface area (Å²) in [4.78, 5) is 45.4. The number of aromatic nitrogens is 1. The van der Waals surface area contributed by atoms with Crippen LogP contribution in [0.25, 0.3) is 5.76 Å². The number of thiazole rings is 1. The Kier molecular flexibility index (Phi) is 8.49. The highest BCUT2D eigenvalue weighted by molar-refractivity contribution is 7.18. The summed E-state index contributed by atoms with van der Waals surface area (Å²) in [6.07, 6.45) is 0.848. The van der Waals surface area contributed by atoms with Crippen molar-refractivity contribution < 1.29 is 29.0 Å². The smallest absolute Gasteiger partial charge is 0.301 e. The highest BCUT2D eigenvalue weighted by atomic mass is 32.1. The van der Waals surface area contributed by atoms with Gasteiger partial charge in [0.2, 0.25) is 0 Å². The van der Waals surface area contributed by atoms with Crippen molar-refractivity contribution in [2.45, 2.75) is 39.8 Å². The van der Waals surface area contributed by atoms with Crippen LogP contribution in [0, 0.1) is 6.92 Å². The average Bonchev–Trinajstić information content (AvgIpc) is 3.52. The van der Waals surface area contributed by atoms with Gasteiger partial charge in [0.25, 0.3) is 5.78 Å². The first kappa shape index (κ1) is 28.8. The lowest BCUT2D eigenvalue weighted by atomic mass is 9.95. The van der Waals surface area contributed by atoms with E-state index in [9.17, 15) is 19.5 Å². The molecule has 1 aliphatic heterocycles. The minimum Gasteiger partial charge on any atom is -0.507 e. The minimum absolute atomic E-state index is 0.0836. The standard InChI is InChI=1S/C33H30N2O6S/c1-4-17-40-25-15-13-23(14-16-25)29(37)27-28(24-11-8-12-26(18-24)41-19-22-9-6-5-7-10-22)35(32(39)30(27)38)33-34-20(2)31(42-33)21(3)36/h5-16,18,28,37H,4,17,19H2,1-3H3/b29-27+. The van der Waals surface area contributed by atoms with Crippen molar-refractivity contribution in [3.05, 3.63) is 112 Å². The molecule has 42 heavy (non-hydrogen) atoms. The van der Waals surface area contributed by atoms with Crippen molar-refractivity contribution in [3.8, 4) is 11.5 Å². The molecule has 9 heteroatoms. The Morgan fingerprint density at radius 3 is 2.38 bits per heavy atom. The van der Waals surface area contributed by atoms with Crippen molar-refractivity contribution in [3.63, 3.8) is 0 Å². The molecule has 1 aromatic heterocycles. The van der Waals surface area contributed by atoms with Gasteiger partial charge in [-0.25, -0.2) is 4.98 Å². The quantitative estimate of drug-likeness (QED) is 0.0966. The summed E-state index contributed by atoms with van der Waals surface area (Å²) in [5.41, 5.74) is 2.26. The number of ketones is 2. The van der Waals surface area contributed by atoms with Crippen molar-refractivity contribution in [2.24, 2.45) is 0 Å². The Bertz CT molecular complexity index is 1660. The number of carbonyl (C=O) groups excluding carboxylic acids is 3. The van der Waals surface area contributed by atoms with E-state index >= 15 is 0 Å². The van der Waals surface area contributed by atoms with Gasteiger partial charge in [0.15, 0.2) is 10.9 Å². The molecule has 1 amide bonds. The Morgan fingerprint density at radius 2 is 1.71 bits per heavy atom. The van der Waals surface area contributed by atoms with Crippen molar-refractivity contribution in [1.82, 2.24) is 4.98 Å². The maximum absolute atomic E-state index is 13.6. The molecule has 1 atom stereocenters. The number of nitrogens with zero attached hydrogens (tertiary/aromatic N) is 2. The summed E-state index contributed by atoms with van der Waals surface area (Å²) in [5, 5.41) is 11.7. The lowest BCUT2D eigenvalue weighted by molar-refractivity contribution is -0.132. The van der Waals surface area contributed by atoms with E-state index in [-0.39, 0.29) is 22.2 Å². The Hall–Kier alpha value is -4.76. The zero-order chi connectivity index (χ0) is 29.8. The van der Waals surface area contributed by atoms with Gasteiger partial charge in [0, 0.05) is 12.5 Å². The first-order chi connectivity index (χ1) is 20.3. The SMILES string of the molecule is CCCOc1ccc(/C(O)=C2\C(=O)C(=O)N(c3nc(C)c(C(C)=O)s3)C2c2cccc(OCc3ccccc3)c2)cc1. The first-order valence-corrected chi connectivity index (χ1v) is 14.4. The topological polar surface area (TPSA) is 106 Å². The fourth-order valence-corrected chi connectivity index (χ4v) is 5.75. The largest absolute Gasteiger partial charge is 0.507 e. The Balaban J connectivity index is 1.59. The zero-order valence-corrected chi connectivity index (χ0v) is 24.3. The molecular formula is C33H30N2O6S. The predicted octanol–water partition coefficient (Wildman–Crippen LogP) is 6.65. The molecule has 214 valence electrons. The molecule has 0 saturated carbocycles. The number of Topliss-reactive ketones (excluding diaryl/α,β-unsaturated/α-hetero) is 2. The highest BCUT2D eigenvalue weighted by Gasteiger charge is 2.48. The number of aliphatic hydroxyl groups is 1. The average molecular weight is 583 g/mol. The molecular weight excluding hydrogens is 552 g/mol. The van der Waals surface area contributed by atoms with E-state index in [1.165, 1.54) is 11.8 Å². The molecule has 1 fully saturated rings. The monoisotopic (exact) mass is 582 g/mol. The lowest BCUT2D eigenvalue weighted by Crippen LogP contribution is -2.29. The third-order valence-corrected chi connectivity index (χ3v) is 8.04. The van der Waals surface area contributed by atoms with Gasteiger partial charge in [-0.15, -0.1) is 0 Å². The van der Waals surface area contributed by atoms with E-state index < -0.39 is 17.7 Å². The number of amides is 1. The van der Waals surface area contributed by atoms with Crippen LogP contribution in [0.5, 0.6) is 11.5 Å². The van der Waals surface area contributed by atoms with Gasteiger partial charge in [0.1, 0.15) is 23.9 Å². The van der Waals surface area contributed by atoms with Gasteiger partial charge < -0.3 is 14.6 Å². The molecule has 5 rings (SSSR count). The Labute approximate surface area is 247 Å². The molecule has 1 aliphatic rings. The van der Waals surface area contributed by atoms with Crippen LogP contribution < -0.4 is 14.4 Å². The van der Waals surface area contributed by atoms with E-state index in [4.69, 9.17) is 9.47 Å². The van der Waals surface area contributed by atoms with Crippen LogP contribution in [0.15, 0.2) is 84.4 Å². The summed E-state index contributed by atoms with van der Waals surface area (Å²) in [6.45, 7) is 5.99. The molecule has 0 spiro atoms. The maximum atomic E-state index is 13.6. The number of benzene rings is 3. The molecule has 0 radical (unpaired) electrons. The number of hydrogen-bond acceptors (Lipinski definition) is 8. The van der Waals surface area contributed by atoms with Gasteiger partial charge in [-0.1, -0.05) is 60.7 Å². The van der Waals surface area contributed by atoms with Gasteiger partial charge >= 0.3 is 5.91 Å². The number of aliphatic hydroxyl groups excluding tert-OH is 1. The van der Waals surface area contributed by atoms with Crippen LogP contribution >= 0.6 is 11.3 Å². The number of rotatable bonds is 10. The number of aryl methyl sites for hydroxylation is 1. The van der Waals surface area contributed by atoms with Crippen molar-refractivity contribution in [1.29, 1.82) is 0 Å². The molecule has 1 N–H and O–H groups in total. The predicted molar refractivity (Wildman–Crippen MR) is 161 cm³/mol. The fraction of sp³-hybridized carbons (Fsp3) is 0.212. The van der Waals surface area contributed by atoms with Crippen LogP contribution in [0.4, 0.5) is 5.13 Å². The molecule has 4 aromatic rings. The molecule has 3 aromatic carbocycles. The normalized spacial score (nSPS) is 16.1. The summed E-state index contributed by atoms with van der Waals surface area (Å²) >= 11 is 1.04. The molecule has 0 bridgehead atoms. The van der Waals surface area contributed by atoms with Crippen LogP contribution in [0.2, 0.25) is 0 Å². The minimum atomic E-state index is -1.01. The van der Waals surface area contributed by atoms with Gasteiger partial charge in [-0.2, -0.15) is 0 Å². The summed E-state index contributed by atoms with van der Waals surface area (Å²) in [7, 11) is 0. The van der Waals surface area contributed by atoms with E-state index in [1.807, 2.05) is 37.3 Å². The number of anilines is 1. The Morgan fingerprint density at radius 1 is 0.976 bits per heavy atom.